The maximum absolute atomic E-state index is 7.50. The van der Waals surface area contributed by atoms with Crippen LogP contribution in [-0.4, -0.2) is 6.79 Å². The van der Waals surface area contributed by atoms with Crippen LogP contribution in [0.1, 0.15) is 16.0 Å². The van der Waals surface area contributed by atoms with Crippen LogP contribution in [0.15, 0.2) is 30.3 Å². The van der Waals surface area contributed by atoms with Crippen LogP contribution < -0.4 is 24.0 Å². The van der Waals surface area contributed by atoms with Crippen molar-refractivity contribution in [3.05, 3.63) is 41.5 Å². The fourth-order valence-corrected chi connectivity index (χ4v) is 1.54. The summed E-state index contributed by atoms with van der Waals surface area (Å²) in [4.78, 5) is 7.75. The first kappa shape index (κ1) is 12.9. The van der Waals surface area contributed by atoms with Crippen LogP contribution in [-0.2, 0) is 20.3 Å². The summed E-state index contributed by atoms with van der Waals surface area (Å²) in [6.07, 6.45) is 4.17. The number of carbonyl (C=O) groups excluding carboxylic acids is 1. The molecule has 1 atom stereocenters. The van der Waals surface area contributed by atoms with Gasteiger partial charge in [-0.2, -0.15) is 0 Å². The molecule has 0 saturated carbocycles. The molecule has 0 amide bonds. The summed E-state index contributed by atoms with van der Waals surface area (Å²) in [6.45, 7) is 4.50. The van der Waals surface area contributed by atoms with Crippen molar-refractivity contribution in [3.8, 4) is 0 Å². The van der Waals surface area contributed by atoms with E-state index in [4.69, 9.17) is 20.3 Å². The molecule has 1 nitrogen and oxygen atoms in total. The van der Waals surface area contributed by atoms with E-state index in [0.29, 0.717) is 0 Å². The van der Waals surface area contributed by atoms with Gasteiger partial charge >= 0.3 is 67.9 Å². The monoisotopic (exact) mass is 328 g/mol. The van der Waals surface area contributed by atoms with Gasteiger partial charge in [-0.15, -0.1) is 0 Å². The number of allylic oxidation sites excluding steroid dienone is 1. The summed E-state index contributed by atoms with van der Waals surface area (Å²) in [6, 6.07) is 8.29. The molecule has 0 spiro atoms. The van der Waals surface area contributed by atoms with Crippen molar-refractivity contribution in [3.63, 3.8) is 0 Å². The van der Waals surface area contributed by atoms with Crippen LogP contribution in [0.4, 0.5) is 0 Å². The van der Waals surface area contributed by atoms with E-state index in [1.165, 1.54) is 11.1 Å². The van der Waals surface area contributed by atoms with E-state index in [9.17, 15) is 0 Å². The van der Waals surface area contributed by atoms with Gasteiger partial charge in [0.2, 0.25) is 0 Å². The first-order valence-electron chi connectivity index (χ1n) is 3.46. The molecule has 0 fully saturated rings. The van der Waals surface area contributed by atoms with Crippen molar-refractivity contribution in [1.29, 1.82) is 0 Å². The molecule has 2 rings (SSSR count). The molecule has 3 heteroatoms. The number of hydrogen-bond donors (Lipinski definition) is 0. The van der Waals surface area contributed by atoms with Gasteiger partial charge in [-0.1, -0.05) is 0 Å². The first-order valence-corrected chi connectivity index (χ1v) is 4.03. The summed E-state index contributed by atoms with van der Waals surface area (Å²) in [7, 11) is 0. The molecule has 1 aliphatic rings. The van der Waals surface area contributed by atoms with Crippen LogP contribution >= 0.6 is 0 Å². The normalized spacial score (nSPS) is 16.6. The van der Waals surface area contributed by atoms with E-state index >= 15 is 0 Å². The van der Waals surface area contributed by atoms with Gasteiger partial charge in [0.1, 0.15) is 0 Å². The molecule has 2 radical (unpaired) electrons. The average Bonchev–Trinajstić information content (AvgIpc) is 2.53. The standard InChI is InChI=1S/C9H7.CO.HI.Ni/c1-2-5-9-7-3-6-8(9)4-1;1-2;;/h1-7H;;1H;/q;;;+1/p-1. The minimum absolute atomic E-state index is 0. The zero-order valence-electron chi connectivity index (χ0n) is 6.64. The molecule has 70 valence electrons. The zero-order chi connectivity index (χ0) is 8.97. The fourth-order valence-electron chi connectivity index (χ4n) is 1.18. The van der Waals surface area contributed by atoms with E-state index in [1.807, 2.05) is 12.1 Å². The maximum atomic E-state index is 7.50. The summed E-state index contributed by atoms with van der Waals surface area (Å²) < 4.78 is 0. The average molecular weight is 329 g/mol. The van der Waals surface area contributed by atoms with Gasteiger partial charge in [-0.3, -0.25) is 4.79 Å². The molecule has 1 aromatic carbocycles. The second-order valence-electron chi connectivity index (χ2n) is 2.35. The van der Waals surface area contributed by atoms with Crippen LogP contribution in [0.2, 0.25) is 0 Å². The third-order valence-corrected chi connectivity index (χ3v) is 2.20. The van der Waals surface area contributed by atoms with Crippen molar-refractivity contribution in [2.45, 2.75) is 4.89 Å². The number of halogens is 1. The Morgan fingerprint density at radius 3 is 2.46 bits per heavy atom. The van der Waals surface area contributed by atoms with Crippen molar-refractivity contribution >= 4 is 12.9 Å². The van der Waals surface area contributed by atoms with Gasteiger partial charge in [0.05, 0.1) is 0 Å². The van der Waals surface area contributed by atoms with Gasteiger partial charge < -0.3 is 24.0 Å². The van der Waals surface area contributed by atoms with E-state index in [1.54, 1.807) is 0 Å². The van der Waals surface area contributed by atoms with E-state index < -0.39 is 0 Å². The molecule has 0 saturated heterocycles. The minimum atomic E-state index is 0. The Bertz CT molecular complexity index is 299. The predicted molar refractivity (Wildman–Crippen MR) is 43.9 cm³/mol. The molecule has 1 aromatic rings. The molecule has 0 bridgehead atoms. The van der Waals surface area contributed by atoms with Crippen LogP contribution in [0.25, 0.3) is 6.08 Å². The Balaban J connectivity index is 0.000000451. The number of fused-ring (bicyclic) bond motifs is 1. The Labute approximate surface area is 103 Å². The Morgan fingerprint density at radius 2 is 1.85 bits per heavy atom. The molecular weight excluding hydrogens is 322 g/mol. The third-order valence-electron chi connectivity index (χ3n) is 1.71. The number of hydrogen-bond acceptors (Lipinski definition) is 1. The second-order valence-corrected chi connectivity index (χ2v) is 2.97. The van der Waals surface area contributed by atoms with Gasteiger partial charge in [-0.25, -0.2) is 0 Å². The molecule has 0 aliphatic heterocycles. The molecule has 1 unspecified atom stereocenters. The Hall–Kier alpha value is -0.146. The second kappa shape index (κ2) is 6.33. The van der Waals surface area contributed by atoms with Crippen molar-refractivity contribution in [2.24, 2.45) is 0 Å². The molecule has 0 heterocycles. The quantitative estimate of drug-likeness (QED) is 0.437. The van der Waals surface area contributed by atoms with E-state index in [0.717, 1.165) is 0 Å². The van der Waals surface area contributed by atoms with Crippen LogP contribution in [0.3, 0.4) is 0 Å². The van der Waals surface area contributed by atoms with Gasteiger partial charge in [0, 0.05) is 0 Å². The van der Waals surface area contributed by atoms with Crippen LogP contribution in [0, 0.1) is 0 Å². The molecule has 1 aliphatic carbocycles. The summed E-state index contributed by atoms with van der Waals surface area (Å²) in [5.74, 6) is 0. The van der Waals surface area contributed by atoms with Crippen LogP contribution in [0.5, 0.6) is 0 Å². The Kier molecular flexibility index (Phi) is 6.26. The van der Waals surface area contributed by atoms with Crippen molar-refractivity contribution < 1.29 is 44.2 Å². The fraction of sp³-hybridized carbons (Fsp3) is 0.100. The third kappa shape index (κ3) is 2.92. The van der Waals surface area contributed by atoms with Gasteiger partial charge in [0.25, 0.3) is 6.79 Å². The topological polar surface area (TPSA) is 17.1 Å². The molecule has 0 aromatic heterocycles. The number of benzene rings is 1. The van der Waals surface area contributed by atoms with E-state index in [2.05, 4.69) is 31.1 Å². The molecule has 13 heavy (non-hydrogen) atoms. The predicted octanol–water partition coefficient (Wildman–Crippen LogP) is -1.09. The van der Waals surface area contributed by atoms with Gasteiger partial charge in [-0.05, 0) is 0 Å². The summed E-state index contributed by atoms with van der Waals surface area (Å²) in [5.41, 5.74) is 2.58. The molecular formula is C10H7INiO. The number of rotatable bonds is 0. The Morgan fingerprint density at radius 1 is 1.23 bits per heavy atom. The van der Waals surface area contributed by atoms with Crippen molar-refractivity contribution in [2.75, 3.05) is 0 Å². The summed E-state index contributed by atoms with van der Waals surface area (Å²) in [5, 5.41) is 0. The first-order chi connectivity index (χ1) is 5.88. The zero-order valence-corrected chi connectivity index (χ0v) is 9.79. The van der Waals surface area contributed by atoms with Gasteiger partial charge in [0.15, 0.2) is 0 Å². The van der Waals surface area contributed by atoms with E-state index in [-0.39, 0.29) is 28.9 Å². The summed E-state index contributed by atoms with van der Waals surface area (Å²) >= 11 is 4.88. The SMILES string of the molecule is [C]=O.[I-].[Ni+][CH]1C=Cc2ccccc21. The molecule has 0 N–H and O–H groups in total. The van der Waals surface area contributed by atoms with Crippen molar-refractivity contribution in [1.82, 2.24) is 0 Å².